The van der Waals surface area contributed by atoms with Crippen LogP contribution in [0.4, 0.5) is 4.39 Å². The Kier molecular flexibility index (Phi) is 6.07. The van der Waals surface area contributed by atoms with Gasteiger partial charge in [-0.1, -0.05) is 36.6 Å². The molecule has 6 heteroatoms. The van der Waals surface area contributed by atoms with E-state index in [1.54, 1.807) is 13.0 Å². The monoisotopic (exact) mass is 387 g/mol. The summed E-state index contributed by atoms with van der Waals surface area (Å²) in [6.07, 6.45) is 9.36. The van der Waals surface area contributed by atoms with Gasteiger partial charge in [0.2, 0.25) is 11.7 Å². The van der Waals surface area contributed by atoms with Crippen LogP contribution in [0.25, 0.3) is 11.4 Å². The summed E-state index contributed by atoms with van der Waals surface area (Å²) in [6.45, 7) is 5.77. The van der Waals surface area contributed by atoms with Gasteiger partial charge in [-0.05, 0) is 51.2 Å². The van der Waals surface area contributed by atoms with Crippen LogP contribution in [-0.2, 0) is 4.74 Å². The van der Waals surface area contributed by atoms with E-state index in [2.05, 4.69) is 22.0 Å². The second kappa shape index (κ2) is 8.70. The highest BCUT2D eigenvalue weighted by molar-refractivity contribution is 5.54. The van der Waals surface area contributed by atoms with Crippen LogP contribution in [0, 0.1) is 12.7 Å². The van der Waals surface area contributed by atoms with Gasteiger partial charge in [0.25, 0.3) is 0 Å². The van der Waals surface area contributed by atoms with Gasteiger partial charge in [0.05, 0.1) is 18.2 Å². The Morgan fingerprint density at radius 3 is 2.54 bits per heavy atom. The Labute approximate surface area is 166 Å². The maximum absolute atomic E-state index is 13.8. The number of rotatable bonds is 5. The third kappa shape index (κ3) is 4.44. The lowest BCUT2D eigenvalue weighted by Crippen LogP contribution is -2.40. The number of aryl methyl sites for hydroxylation is 1. The van der Waals surface area contributed by atoms with Gasteiger partial charge in [0.1, 0.15) is 5.82 Å². The summed E-state index contributed by atoms with van der Waals surface area (Å²) in [4.78, 5) is 6.89. The zero-order valence-electron chi connectivity index (χ0n) is 16.9. The highest BCUT2D eigenvalue weighted by Gasteiger charge is 2.29. The molecule has 0 N–H and O–H groups in total. The minimum absolute atomic E-state index is 0.0483. The Hall–Kier alpha value is -1.79. The molecule has 0 bridgehead atoms. The molecule has 28 heavy (non-hydrogen) atoms. The number of nitrogens with zero attached hydrogens (tertiary/aromatic N) is 3. The third-order valence-electron chi connectivity index (χ3n) is 6.19. The van der Waals surface area contributed by atoms with Gasteiger partial charge in [-0.2, -0.15) is 4.98 Å². The number of benzene rings is 1. The lowest BCUT2D eigenvalue weighted by atomic mass is 9.97. The molecule has 1 aliphatic carbocycles. The summed E-state index contributed by atoms with van der Waals surface area (Å²) < 4.78 is 25.7. The first-order chi connectivity index (χ1) is 13.6. The van der Waals surface area contributed by atoms with Gasteiger partial charge in [-0.25, -0.2) is 4.39 Å². The first kappa shape index (κ1) is 19.5. The van der Waals surface area contributed by atoms with Crippen molar-refractivity contribution in [3.63, 3.8) is 0 Å². The summed E-state index contributed by atoms with van der Waals surface area (Å²) in [5.74, 6) is 0.774. The van der Waals surface area contributed by atoms with Crippen LogP contribution in [0.5, 0.6) is 0 Å². The van der Waals surface area contributed by atoms with E-state index in [9.17, 15) is 4.39 Å². The minimum atomic E-state index is -0.253. The molecule has 1 saturated carbocycles. The van der Waals surface area contributed by atoms with Gasteiger partial charge in [-0.3, -0.25) is 4.90 Å². The van der Waals surface area contributed by atoms with Gasteiger partial charge < -0.3 is 9.26 Å². The Morgan fingerprint density at radius 2 is 1.82 bits per heavy atom. The zero-order chi connectivity index (χ0) is 19.5. The SMILES string of the molecule is Cc1ccc(-c2noc(C(C)N3CCC(OC4CCCCC4)CC3)n2)cc1F. The summed E-state index contributed by atoms with van der Waals surface area (Å²) in [7, 11) is 0. The highest BCUT2D eigenvalue weighted by Crippen LogP contribution is 2.29. The number of halogens is 1. The van der Waals surface area contributed by atoms with E-state index in [1.807, 2.05) is 6.07 Å². The van der Waals surface area contributed by atoms with Gasteiger partial charge >= 0.3 is 0 Å². The number of piperidine rings is 1. The van der Waals surface area contributed by atoms with Gasteiger partial charge in [0.15, 0.2) is 0 Å². The predicted molar refractivity (Wildman–Crippen MR) is 105 cm³/mol. The van der Waals surface area contributed by atoms with Crippen LogP contribution >= 0.6 is 0 Å². The first-order valence-corrected chi connectivity index (χ1v) is 10.6. The van der Waals surface area contributed by atoms with Crippen LogP contribution in [-0.4, -0.2) is 40.3 Å². The molecule has 2 fully saturated rings. The summed E-state index contributed by atoms with van der Waals surface area (Å²) in [5.41, 5.74) is 1.25. The highest BCUT2D eigenvalue weighted by atomic mass is 19.1. The van der Waals surface area contributed by atoms with Gasteiger partial charge in [0, 0.05) is 18.7 Å². The van der Waals surface area contributed by atoms with Crippen LogP contribution in [0.3, 0.4) is 0 Å². The molecule has 2 heterocycles. The molecule has 1 saturated heterocycles. The fraction of sp³-hybridized carbons (Fsp3) is 0.636. The molecule has 0 spiro atoms. The van der Waals surface area contributed by atoms with E-state index < -0.39 is 0 Å². The number of aromatic nitrogens is 2. The average Bonchev–Trinajstić information content (AvgIpc) is 3.21. The summed E-state index contributed by atoms with van der Waals surface area (Å²) in [6, 6.07) is 5.07. The molecule has 1 aliphatic heterocycles. The number of hydrogen-bond donors (Lipinski definition) is 0. The van der Waals surface area contributed by atoms with Crippen molar-refractivity contribution in [3.8, 4) is 11.4 Å². The molecule has 1 unspecified atom stereocenters. The summed E-state index contributed by atoms with van der Waals surface area (Å²) >= 11 is 0. The zero-order valence-corrected chi connectivity index (χ0v) is 16.9. The average molecular weight is 387 g/mol. The molecule has 5 nitrogen and oxygen atoms in total. The molecule has 152 valence electrons. The molecular weight excluding hydrogens is 357 g/mol. The Bertz CT molecular complexity index is 780. The number of hydrogen-bond acceptors (Lipinski definition) is 5. The Balaban J connectivity index is 1.33. The van der Waals surface area contributed by atoms with E-state index in [1.165, 1.54) is 38.2 Å². The van der Waals surface area contributed by atoms with Crippen molar-refractivity contribution in [1.29, 1.82) is 0 Å². The molecule has 1 aromatic carbocycles. The van der Waals surface area contributed by atoms with Crippen LogP contribution in [0.2, 0.25) is 0 Å². The molecule has 2 aromatic rings. The number of likely N-dealkylation sites (tertiary alicyclic amines) is 1. The van der Waals surface area contributed by atoms with Crippen LogP contribution in [0.1, 0.15) is 69.4 Å². The molecule has 1 atom stereocenters. The minimum Gasteiger partial charge on any atom is -0.375 e. The van der Waals surface area contributed by atoms with Crippen molar-refractivity contribution < 1.29 is 13.7 Å². The molecule has 0 amide bonds. The first-order valence-electron chi connectivity index (χ1n) is 10.6. The summed E-state index contributed by atoms with van der Waals surface area (Å²) in [5, 5.41) is 4.06. The van der Waals surface area contributed by atoms with E-state index in [0.717, 1.165) is 25.9 Å². The molecule has 4 rings (SSSR count). The quantitative estimate of drug-likeness (QED) is 0.718. The number of ether oxygens (including phenoxy) is 1. The normalized spacial score (nSPS) is 21.1. The fourth-order valence-electron chi connectivity index (χ4n) is 4.28. The Morgan fingerprint density at radius 1 is 1.11 bits per heavy atom. The van der Waals surface area contributed by atoms with Crippen molar-refractivity contribution in [3.05, 3.63) is 35.5 Å². The van der Waals surface area contributed by atoms with E-state index >= 15 is 0 Å². The molecule has 1 aromatic heterocycles. The maximum Gasteiger partial charge on any atom is 0.244 e. The van der Waals surface area contributed by atoms with Gasteiger partial charge in [-0.15, -0.1) is 0 Å². The molecular formula is C22H30FN3O2. The van der Waals surface area contributed by atoms with Crippen LogP contribution in [0.15, 0.2) is 22.7 Å². The van der Waals surface area contributed by atoms with Crippen LogP contribution < -0.4 is 0 Å². The van der Waals surface area contributed by atoms with Crippen molar-refractivity contribution in [1.82, 2.24) is 15.0 Å². The smallest absolute Gasteiger partial charge is 0.244 e. The van der Waals surface area contributed by atoms with Crippen molar-refractivity contribution >= 4 is 0 Å². The van der Waals surface area contributed by atoms with Crippen molar-refractivity contribution in [2.75, 3.05) is 13.1 Å². The van der Waals surface area contributed by atoms with Crippen molar-refractivity contribution in [2.24, 2.45) is 0 Å². The lowest BCUT2D eigenvalue weighted by molar-refractivity contribution is -0.0608. The topological polar surface area (TPSA) is 51.4 Å². The second-order valence-corrected chi connectivity index (χ2v) is 8.23. The largest absolute Gasteiger partial charge is 0.375 e. The van der Waals surface area contributed by atoms with E-state index in [4.69, 9.17) is 9.26 Å². The predicted octanol–water partition coefficient (Wildman–Crippen LogP) is 5.06. The van der Waals surface area contributed by atoms with E-state index in [-0.39, 0.29) is 11.9 Å². The third-order valence-corrected chi connectivity index (χ3v) is 6.19. The lowest BCUT2D eigenvalue weighted by Gasteiger charge is -2.36. The molecule has 2 aliphatic rings. The fourth-order valence-corrected chi connectivity index (χ4v) is 4.28. The maximum atomic E-state index is 13.8. The second-order valence-electron chi connectivity index (χ2n) is 8.23. The van der Waals surface area contributed by atoms with E-state index in [0.29, 0.717) is 35.0 Å². The van der Waals surface area contributed by atoms with Crippen molar-refractivity contribution in [2.45, 2.75) is 77.0 Å². The molecule has 0 radical (unpaired) electrons. The standard InChI is InChI=1S/C22H30FN3O2/c1-15-8-9-17(14-20(15)23)21-24-22(28-25-21)16(2)26-12-10-19(11-13-26)27-18-6-4-3-5-7-18/h8-9,14,16,18-19H,3-7,10-13H2,1-2H3.